The predicted octanol–water partition coefficient (Wildman–Crippen LogP) is 4.83. The van der Waals surface area contributed by atoms with Gasteiger partial charge in [-0.15, -0.1) is 0 Å². The summed E-state index contributed by atoms with van der Waals surface area (Å²) in [5.74, 6) is 0. The summed E-state index contributed by atoms with van der Waals surface area (Å²) in [5, 5.41) is 0.555. The molecule has 0 aliphatic heterocycles. The van der Waals surface area contributed by atoms with Crippen molar-refractivity contribution in [3.8, 4) is 0 Å². The molecule has 7 heteroatoms. The van der Waals surface area contributed by atoms with E-state index in [1.165, 1.54) is 6.07 Å². The molecule has 0 radical (unpaired) electrons. The molecule has 2 rings (SSSR count). The molecule has 0 aliphatic rings. The molecule has 0 aliphatic carbocycles. The van der Waals surface area contributed by atoms with Gasteiger partial charge >= 0.3 is 6.18 Å². The molecule has 1 aromatic carbocycles. The van der Waals surface area contributed by atoms with Gasteiger partial charge in [0.1, 0.15) is 5.03 Å². The Morgan fingerprint density at radius 3 is 2.60 bits per heavy atom. The molecule has 20 heavy (non-hydrogen) atoms. The lowest BCUT2D eigenvalue weighted by Crippen LogP contribution is -2.08. The van der Waals surface area contributed by atoms with Crippen molar-refractivity contribution in [2.75, 3.05) is 0 Å². The second kappa shape index (κ2) is 5.97. The summed E-state index contributed by atoms with van der Waals surface area (Å²) >= 11 is 4.37. The molecule has 0 bridgehead atoms. The molecular formula is C13H7BrF3NOS. The highest BCUT2D eigenvalue weighted by atomic mass is 79.9. The average Bonchev–Trinajstić information content (AvgIpc) is 2.40. The van der Waals surface area contributed by atoms with E-state index < -0.39 is 11.7 Å². The fourth-order valence-corrected chi connectivity index (χ4v) is 2.82. The summed E-state index contributed by atoms with van der Waals surface area (Å²) in [7, 11) is 0. The summed E-state index contributed by atoms with van der Waals surface area (Å²) in [5.41, 5.74) is -1.31. The van der Waals surface area contributed by atoms with Crippen LogP contribution in [0.4, 0.5) is 13.2 Å². The van der Waals surface area contributed by atoms with E-state index in [4.69, 9.17) is 0 Å². The smallest absolute Gasteiger partial charge is 0.298 e. The SMILES string of the molecule is O=Cc1ccc(Sc2ncccc2Br)cc1C(F)(F)F. The number of hydrogen-bond donors (Lipinski definition) is 0. The molecular weight excluding hydrogens is 355 g/mol. The second-order valence-corrected chi connectivity index (χ2v) is 5.67. The van der Waals surface area contributed by atoms with Crippen molar-refractivity contribution in [1.82, 2.24) is 4.98 Å². The summed E-state index contributed by atoms with van der Waals surface area (Å²) in [6.07, 6.45) is -2.81. The molecule has 1 aromatic heterocycles. The number of halogens is 4. The van der Waals surface area contributed by atoms with E-state index in [0.717, 1.165) is 23.9 Å². The maximum Gasteiger partial charge on any atom is 0.417 e. The molecule has 0 fully saturated rings. The van der Waals surface area contributed by atoms with Crippen molar-refractivity contribution in [2.24, 2.45) is 0 Å². The minimum Gasteiger partial charge on any atom is -0.298 e. The number of benzene rings is 1. The van der Waals surface area contributed by atoms with Gasteiger partial charge in [-0.2, -0.15) is 13.2 Å². The quantitative estimate of drug-likeness (QED) is 0.733. The van der Waals surface area contributed by atoms with Crippen LogP contribution < -0.4 is 0 Å². The third kappa shape index (κ3) is 3.40. The third-order valence-corrected chi connectivity index (χ3v) is 4.31. The van der Waals surface area contributed by atoms with Crippen LogP contribution >= 0.6 is 27.7 Å². The highest BCUT2D eigenvalue weighted by Gasteiger charge is 2.33. The highest BCUT2D eigenvalue weighted by molar-refractivity contribution is 9.10. The van der Waals surface area contributed by atoms with Crippen LogP contribution in [0, 0.1) is 0 Å². The largest absolute Gasteiger partial charge is 0.417 e. The lowest BCUT2D eigenvalue weighted by molar-refractivity contribution is -0.138. The number of carbonyl (C=O) groups is 1. The minimum atomic E-state index is -4.56. The first-order valence-corrected chi connectivity index (χ1v) is 6.97. The van der Waals surface area contributed by atoms with E-state index in [9.17, 15) is 18.0 Å². The van der Waals surface area contributed by atoms with Crippen LogP contribution in [0.3, 0.4) is 0 Å². The Morgan fingerprint density at radius 2 is 2.00 bits per heavy atom. The first kappa shape index (κ1) is 15.1. The van der Waals surface area contributed by atoms with Crippen molar-refractivity contribution < 1.29 is 18.0 Å². The molecule has 0 spiro atoms. The van der Waals surface area contributed by atoms with Crippen LogP contribution in [0.15, 0.2) is 50.9 Å². The van der Waals surface area contributed by atoms with Crippen molar-refractivity contribution in [3.63, 3.8) is 0 Å². The summed E-state index contributed by atoms with van der Waals surface area (Å²) in [6.45, 7) is 0. The van der Waals surface area contributed by atoms with Crippen LogP contribution in [0.5, 0.6) is 0 Å². The normalized spacial score (nSPS) is 11.4. The van der Waals surface area contributed by atoms with Crippen LogP contribution in [-0.4, -0.2) is 11.3 Å². The zero-order valence-electron chi connectivity index (χ0n) is 9.82. The summed E-state index contributed by atoms with van der Waals surface area (Å²) in [4.78, 5) is 15.1. The molecule has 0 saturated carbocycles. The fraction of sp³-hybridized carbons (Fsp3) is 0.0769. The lowest BCUT2D eigenvalue weighted by Gasteiger charge is -2.11. The molecule has 0 unspecified atom stereocenters. The number of aromatic nitrogens is 1. The Labute approximate surface area is 125 Å². The molecule has 0 saturated heterocycles. The highest BCUT2D eigenvalue weighted by Crippen LogP contribution is 2.37. The molecule has 2 nitrogen and oxygen atoms in total. The number of hydrogen-bond acceptors (Lipinski definition) is 3. The third-order valence-electron chi connectivity index (χ3n) is 2.40. The summed E-state index contributed by atoms with van der Waals surface area (Å²) in [6, 6.07) is 7.04. The van der Waals surface area contributed by atoms with Crippen LogP contribution in [-0.2, 0) is 6.18 Å². The van der Waals surface area contributed by atoms with Gasteiger partial charge in [0.25, 0.3) is 0 Å². The molecule has 2 aromatic rings. The van der Waals surface area contributed by atoms with Crippen molar-refractivity contribution >= 4 is 34.0 Å². The van der Waals surface area contributed by atoms with Gasteiger partial charge in [0.15, 0.2) is 6.29 Å². The first-order chi connectivity index (χ1) is 9.41. The standard InChI is InChI=1S/C13H7BrF3NOS/c14-11-2-1-5-18-12(11)20-9-4-3-8(7-19)10(6-9)13(15,16)17/h1-7H. The molecule has 0 amide bonds. The average molecular weight is 362 g/mol. The Bertz CT molecular complexity index is 646. The van der Waals surface area contributed by atoms with Crippen molar-refractivity contribution in [2.45, 2.75) is 16.1 Å². The Balaban J connectivity index is 2.40. The number of alkyl halides is 3. The molecule has 104 valence electrons. The zero-order valence-corrected chi connectivity index (χ0v) is 12.2. The van der Waals surface area contributed by atoms with Crippen LogP contribution in [0.25, 0.3) is 0 Å². The predicted molar refractivity (Wildman–Crippen MR) is 72.9 cm³/mol. The Hall–Kier alpha value is -1.34. The maximum absolute atomic E-state index is 12.8. The van der Waals surface area contributed by atoms with E-state index in [2.05, 4.69) is 20.9 Å². The van der Waals surface area contributed by atoms with Crippen molar-refractivity contribution in [3.05, 3.63) is 52.1 Å². The monoisotopic (exact) mass is 361 g/mol. The lowest BCUT2D eigenvalue weighted by atomic mass is 10.1. The van der Waals surface area contributed by atoms with Crippen LogP contribution in [0.1, 0.15) is 15.9 Å². The maximum atomic E-state index is 12.8. The summed E-state index contributed by atoms with van der Waals surface area (Å²) < 4.78 is 39.2. The van der Waals surface area contributed by atoms with Gasteiger partial charge in [-0.05, 0) is 46.3 Å². The van der Waals surface area contributed by atoms with Gasteiger partial charge in [-0.1, -0.05) is 11.8 Å². The van der Waals surface area contributed by atoms with Gasteiger partial charge in [0.2, 0.25) is 0 Å². The molecule has 0 N–H and O–H groups in total. The van der Waals surface area contributed by atoms with Crippen molar-refractivity contribution in [1.29, 1.82) is 0 Å². The van der Waals surface area contributed by atoms with E-state index in [-0.39, 0.29) is 11.8 Å². The molecule has 1 heterocycles. The van der Waals surface area contributed by atoms with Gasteiger partial charge in [-0.25, -0.2) is 4.98 Å². The van der Waals surface area contributed by atoms with E-state index in [1.54, 1.807) is 18.3 Å². The van der Waals surface area contributed by atoms with E-state index in [1.807, 2.05) is 0 Å². The number of aldehydes is 1. The molecule has 0 atom stereocenters. The van der Waals surface area contributed by atoms with Gasteiger partial charge in [-0.3, -0.25) is 4.79 Å². The van der Waals surface area contributed by atoms with Crippen LogP contribution in [0.2, 0.25) is 0 Å². The number of rotatable bonds is 3. The number of nitrogens with zero attached hydrogens (tertiary/aromatic N) is 1. The zero-order chi connectivity index (χ0) is 14.8. The Kier molecular flexibility index (Phi) is 4.49. The number of carbonyl (C=O) groups excluding carboxylic acids is 1. The number of pyridine rings is 1. The van der Waals surface area contributed by atoms with E-state index >= 15 is 0 Å². The first-order valence-electron chi connectivity index (χ1n) is 5.36. The van der Waals surface area contributed by atoms with E-state index in [0.29, 0.717) is 14.4 Å². The minimum absolute atomic E-state index is 0.202. The van der Waals surface area contributed by atoms with Gasteiger partial charge < -0.3 is 0 Å². The second-order valence-electron chi connectivity index (χ2n) is 3.76. The topological polar surface area (TPSA) is 30.0 Å². The fourth-order valence-electron chi connectivity index (χ4n) is 1.51. The van der Waals surface area contributed by atoms with Gasteiger partial charge in [0.05, 0.1) is 10.0 Å². The Morgan fingerprint density at radius 1 is 1.25 bits per heavy atom. The van der Waals surface area contributed by atoms with Gasteiger partial charge in [0, 0.05) is 16.7 Å².